The summed E-state index contributed by atoms with van der Waals surface area (Å²) in [6.45, 7) is 2.01. The van der Waals surface area contributed by atoms with Crippen molar-refractivity contribution in [2.75, 3.05) is 0 Å². The van der Waals surface area contributed by atoms with Crippen LogP contribution in [-0.4, -0.2) is 10.8 Å². The van der Waals surface area contributed by atoms with Crippen LogP contribution in [-0.2, 0) is 4.79 Å². The minimum atomic E-state index is 0.182. The van der Waals surface area contributed by atoms with E-state index < -0.39 is 0 Å². The molecule has 8 heavy (non-hydrogen) atoms. The van der Waals surface area contributed by atoms with Crippen molar-refractivity contribution < 1.29 is 4.79 Å². The van der Waals surface area contributed by atoms with Crippen LogP contribution in [0.1, 0.15) is 19.8 Å². The molecule has 0 aromatic carbocycles. The van der Waals surface area contributed by atoms with Crippen LogP contribution in [0.3, 0.4) is 0 Å². The van der Waals surface area contributed by atoms with Crippen LogP contribution in [0.4, 0.5) is 0 Å². The summed E-state index contributed by atoms with van der Waals surface area (Å²) < 4.78 is 3.92. The summed E-state index contributed by atoms with van der Waals surface area (Å²) in [4.78, 5) is 10.5. The zero-order valence-electron chi connectivity index (χ0n) is 4.68. The molecular formula is C5H7NOS. The fourth-order valence-electron chi connectivity index (χ4n) is 0.536. The van der Waals surface area contributed by atoms with Crippen LogP contribution >= 0.6 is 11.9 Å². The van der Waals surface area contributed by atoms with E-state index in [1.807, 2.05) is 6.92 Å². The molecule has 0 saturated heterocycles. The summed E-state index contributed by atoms with van der Waals surface area (Å²) in [5.41, 5.74) is 1.03. The molecule has 0 fully saturated rings. The topological polar surface area (TPSA) is 29.4 Å². The predicted molar refractivity (Wildman–Crippen MR) is 34.9 cm³/mol. The summed E-state index contributed by atoms with van der Waals surface area (Å²) in [5.74, 6) is 0. The van der Waals surface area contributed by atoms with Crippen molar-refractivity contribution in [3.05, 3.63) is 0 Å². The highest BCUT2D eigenvalue weighted by Crippen LogP contribution is 2.18. The van der Waals surface area contributed by atoms with Crippen LogP contribution < -0.4 is 0 Å². The summed E-state index contributed by atoms with van der Waals surface area (Å²) in [5, 5.41) is 0.182. The van der Waals surface area contributed by atoms with Gasteiger partial charge in [0.05, 0.1) is 6.42 Å². The van der Waals surface area contributed by atoms with Crippen LogP contribution in [0.15, 0.2) is 4.40 Å². The molecule has 0 aromatic heterocycles. The smallest absolute Gasteiger partial charge is 0.216 e. The van der Waals surface area contributed by atoms with Crippen LogP contribution in [0, 0.1) is 0 Å². The molecule has 0 atom stereocenters. The zero-order chi connectivity index (χ0) is 5.98. The van der Waals surface area contributed by atoms with Gasteiger partial charge in [-0.05, 0) is 6.42 Å². The third-order valence-electron chi connectivity index (χ3n) is 1.03. The number of hydrogen-bond acceptors (Lipinski definition) is 3. The Labute approximate surface area is 52.5 Å². The maximum Gasteiger partial charge on any atom is 0.216 e. The largest absolute Gasteiger partial charge is 0.285 e. The van der Waals surface area contributed by atoms with Crippen molar-refractivity contribution in [1.82, 2.24) is 0 Å². The van der Waals surface area contributed by atoms with Gasteiger partial charge in [-0.3, -0.25) is 4.79 Å². The number of rotatable bonds is 1. The molecule has 0 amide bonds. The van der Waals surface area contributed by atoms with E-state index in [-0.39, 0.29) is 5.12 Å². The average molecular weight is 129 g/mol. The van der Waals surface area contributed by atoms with Crippen LogP contribution in [0.2, 0.25) is 0 Å². The van der Waals surface area contributed by atoms with E-state index in [1.165, 1.54) is 0 Å². The zero-order valence-corrected chi connectivity index (χ0v) is 5.49. The molecule has 1 rings (SSSR count). The average Bonchev–Trinajstić information content (AvgIpc) is 2.14. The Morgan fingerprint density at radius 2 is 2.62 bits per heavy atom. The molecule has 0 saturated carbocycles. The fraction of sp³-hybridized carbons (Fsp3) is 0.600. The SMILES string of the molecule is CCC1=NSC(=O)C1. The Kier molecular flexibility index (Phi) is 1.68. The standard InChI is InChI=1S/C5H7NOS/c1-2-4-3-5(7)8-6-4/h2-3H2,1H3. The highest BCUT2D eigenvalue weighted by atomic mass is 32.2. The lowest BCUT2D eigenvalue weighted by Crippen LogP contribution is -1.93. The molecule has 0 spiro atoms. The van der Waals surface area contributed by atoms with E-state index in [2.05, 4.69) is 4.40 Å². The summed E-state index contributed by atoms with van der Waals surface area (Å²) in [7, 11) is 0. The van der Waals surface area contributed by atoms with E-state index >= 15 is 0 Å². The maximum atomic E-state index is 10.5. The van der Waals surface area contributed by atoms with Crippen molar-refractivity contribution in [2.24, 2.45) is 4.40 Å². The minimum Gasteiger partial charge on any atom is -0.285 e. The second-order valence-corrected chi connectivity index (χ2v) is 2.47. The van der Waals surface area contributed by atoms with Gasteiger partial charge in [0.2, 0.25) is 5.12 Å². The maximum absolute atomic E-state index is 10.5. The summed E-state index contributed by atoms with van der Waals surface area (Å²) in [6.07, 6.45) is 1.49. The van der Waals surface area contributed by atoms with Gasteiger partial charge in [-0.15, -0.1) is 0 Å². The van der Waals surface area contributed by atoms with E-state index in [9.17, 15) is 4.79 Å². The van der Waals surface area contributed by atoms with Crippen molar-refractivity contribution in [3.63, 3.8) is 0 Å². The van der Waals surface area contributed by atoms with E-state index in [1.54, 1.807) is 0 Å². The summed E-state index contributed by atoms with van der Waals surface area (Å²) in [6, 6.07) is 0. The van der Waals surface area contributed by atoms with Crippen LogP contribution in [0.25, 0.3) is 0 Å². The monoisotopic (exact) mass is 129 g/mol. The molecule has 1 aliphatic rings. The van der Waals surface area contributed by atoms with E-state index in [0.29, 0.717) is 6.42 Å². The summed E-state index contributed by atoms with van der Waals surface area (Å²) >= 11 is 1.08. The van der Waals surface area contributed by atoms with Crippen molar-refractivity contribution in [2.45, 2.75) is 19.8 Å². The van der Waals surface area contributed by atoms with Gasteiger partial charge < -0.3 is 0 Å². The molecule has 0 radical (unpaired) electrons. The molecule has 2 nitrogen and oxygen atoms in total. The van der Waals surface area contributed by atoms with Crippen molar-refractivity contribution in [1.29, 1.82) is 0 Å². The Hall–Kier alpha value is -0.310. The second kappa shape index (κ2) is 2.31. The van der Waals surface area contributed by atoms with E-state index in [4.69, 9.17) is 0 Å². The highest BCUT2D eigenvalue weighted by molar-refractivity contribution is 8.13. The van der Waals surface area contributed by atoms with Gasteiger partial charge in [-0.25, -0.2) is 4.40 Å². The molecule has 0 unspecified atom stereocenters. The molecule has 0 aromatic rings. The van der Waals surface area contributed by atoms with Gasteiger partial charge in [0.1, 0.15) is 0 Å². The Morgan fingerprint density at radius 3 is 2.88 bits per heavy atom. The molecule has 3 heteroatoms. The lowest BCUT2D eigenvalue weighted by atomic mass is 10.2. The normalized spacial score (nSPS) is 19.1. The van der Waals surface area contributed by atoms with Gasteiger partial charge >= 0.3 is 0 Å². The predicted octanol–water partition coefficient (Wildman–Crippen LogP) is 1.42. The Bertz CT molecular complexity index is 141. The first-order chi connectivity index (χ1) is 3.83. The first-order valence-corrected chi connectivity index (χ1v) is 3.36. The lowest BCUT2D eigenvalue weighted by molar-refractivity contribution is -0.109. The quantitative estimate of drug-likeness (QED) is 0.501. The molecular weight excluding hydrogens is 122 g/mol. The molecule has 44 valence electrons. The number of carbonyl (C=O) groups excluding carboxylic acids is 1. The molecule has 0 bridgehead atoms. The Balaban J connectivity index is 2.49. The van der Waals surface area contributed by atoms with E-state index in [0.717, 1.165) is 24.1 Å². The second-order valence-electron chi connectivity index (χ2n) is 1.65. The first kappa shape index (κ1) is 5.82. The Morgan fingerprint density at radius 1 is 1.88 bits per heavy atom. The van der Waals surface area contributed by atoms with Gasteiger partial charge in [0, 0.05) is 17.7 Å². The molecule has 1 aliphatic heterocycles. The molecule has 0 N–H and O–H groups in total. The fourth-order valence-corrected chi connectivity index (χ4v) is 1.19. The third kappa shape index (κ3) is 1.10. The highest BCUT2D eigenvalue weighted by Gasteiger charge is 2.13. The third-order valence-corrected chi connectivity index (χ3v) is 1.73. The van der Waals surface area contributed by atoms with Crippen molar-refractivity contribution in [3.8, 4) is 0 Å². The number of nitrogens with zero attached hydrogens (tertiary/aromatic N) is 1. The van der Waals surface area contributed by atoms with Gasteiger partial charge in [-0.1, -0.05) is 6.92 Å². The van der Waals surface area contributed by atoms with Crippen molar-refractivity contribution >= 4 is 22.8 Å². The van der Waals surface area contributed by atoms with Gasteiger partial charge in [-0.2, -0.15) is 0 Å². The lowest BCUT2D eigenvalue weighted by Gasteiger charge is -1.83. The minimum absolute atomic E-state index is 0.182. The van der Waals surface area contributed by atoms with Crippen LogP contribution in [0.5, 0.6) is 0 Å². The van der Waals surface area contributed by atoms with Gasteiger partial charge in [0.25, 0.3) is 0 Å². The first-order valence-electron chi connectivity index (χ1n) is 2.58. The number of carbonyl (C=O) groups is 1. The number of hydrogen-bond donors (Lipinski definition) is 0. The molecule has 1 heterocycles. The molecule has 0 aliphatic carbocycles. The van der Waals surface area contributed by atoms with Gasteiger partial charge in [0.15, 0.2) is 0 Å².